The van der Waals surface area contributed by atoms with Crippen LogP contribution in [0, 0.1) is 0 Å². The normalized spacial score (nSPS) is 26.8. The van der Waals surface area contributed by atoms with Gasteiger partial charge >= 0.3 is 0 Å². The Kier molecular flexibility index (Phi) is 1.76. The van der Waals surface area contributed by atoms with Crippen LogP contribution in [-0.4, -0.2) is 29.7 Å². The zero-order valence-corrected chi connectivity index (χ0v) is 5.96. The van der Waals surface area contributed by atoms with E-state index in [1.54, 1.807) is 0 Å². The van der Waals surface area contributed by atoms with Crippen LogP contribution in [0.15, 0.2) is 11.8 Å². The van der Waals surface area contributed by atoms with Crippen LogP contribution in [0.2, 0.25) is 0 Å². The average molecular weight is 127 g/mol. The monoisotopic (exact) mass is 127 g/mol. The van der Waals surface area contributed by atoms with Gasteiger partial charge in [0.05, 0.1) is 6.61 Å². The zero-order valence-electron chi connectivity index (χ0n) is 5.96. The fraction of sp³-hybridized carbons (Fsp3) is 0.714. The van der Waals surface area contributed by atoms with E-state index in [1.807, 2.05) is 7.05 Å². The molecule has 1 atom stereocenters. The highest BCUT2D eigenvalue weighted by molar-refractivity contribution is 5.09. The van der Waals surface area contributed by atoms with Crippen molar-refractivity contribution < 1.29 is 5.11 Å². The third kappa shape index (κ3) is 1.08. The second-order valence-electron chi connectivity index (χ2n) is 2.55. The highest BCUT2D eigenvalue weighted by Gasteiger charge is 2.16. The third-order valence-electron chi connectivity index (χ3n) is 1.97. The molecule has 1 rings (SSSR count). The minimum absolute atomic E-state index is 0.181. The first kappa shape index (κ1) is 6.62. The van der Waals surface area contributed by atoms with Crippen LogP contribution in [0.25, 0.3) is 0 Å². The van der Waals surface area contributed by atoms with E-state index in [-0.39, 0.29) is 6.61 Å². The van der Waals surface area contributed by atoms with E-state index in [0.29, 0.717) is 6.04 Å². The van der Waals surface area contributed by atoms with E-state index >= 15 is 0 Å². The lowest BCUT2D eigenvalue weighted by Crippen LogP contribution is -2.23. The molecule has 0 aromatic carbocycles. The Labute approximate surface area is 55.8 Å². The topological polar surface area (TPSA) is 23.5 Å². The van der Waals surface area contributed by atoms with Crippen molar-refractivity contribution in [2.45, 2.75) is 19.4 Å². The van der Waals surface area contributed by atoms with E-state index < -0.39 is 0 Å². The number of rotatable bonds is 1. The van der Waals surface area contributed by atoms with Crippen molar-refractivity contribution in [2.24, 2.45) is 0 Å². The fourth-order valence-electron chi connectivity index (χ4n) is 1.07. The number of hydrogen-bond acceptors (Lipinski definition) is 2. The first-order valence-electron chi connectivity index (χ1n) is 3.28. The van der Waals surface area contributed by atoms with Crippen LogP contribution in [-0.2, 0) is 0 Å². The molecule has 0 amide bonds. The number of aliphatic hydroxyl groups is 1. The molecule has 52 valence electrons. The molecule has 1 aliphatic rings. The molecule has 2 nitrogen and oxygen atoms in total. The molecule has 0 bridgehead atoms. The van der Waals surface area contributed by atoms with Gasteiger partial charge in [-0.1, -0.05) is 6.08 Å². The van der Waals surface area contributed by atoms with Gasteiger partial charge in [-0.2, -0.15) is 0 Å². The number of aliphatic hydroxyl groups excluding tert-OH is 1. The van der Waals surface area contributed by atoms with Crippen molar-refractivity contribution in [1.29, 1.82) is 0 Å². The summed E-state index contributed by atoms with van der Waals surface area (Å²) >= 11 is 0. The molecule has 1 unspecified atom stereocenters. The fourth-order valence-corrected chi connectivity index (χ4v) is 1.07. The zero-order chi connectivity index (χ0) is 6.85. The predicted molar refractivity (Wildman–Crippen MR) is 37.0 cm³/mol. The summed E-state index contributed by atoms with van der Waals surface area (Å²) in [7, 11) is 2.01. The van der Waals surface area contributed by atoms with Crippen molar-refractivity contribution in [3.63, 3.8) is 0 Å². The molecule has 0 saturated carbocycles. The van der Waals surface area contributed by atoms with Crippen molar-refractivity contribution in [2.75, 3.05) is 13.7 Å². The van der Waals surface area contributed by atoms with Gasteiger partial charge in [0, 0.05) is 18.8 Å². The Morgan fingerprint density at radius 2 is 2.56 bits per heavy atom. The van der Waals surface area contributed by atoms with Gasteiger partial charge in [0.2, 0.25) is 0 Å². The van der Waals surface area contributed by atoms with E-state index in [4.69, 9.17) is 5.11 Å². The molecule has 2 heteroatoms. The Bertz CT molecular complexity index is 131. The van der Waals surface area contributed by atoms with Crippen molar-refractivity contribution in [1.82, 2.24) is 4.90 Å². The summed E-state index contributed by atoms with van der Waals surface area (Å²) < 4.78 is 0. The summed E-state index contributed by atoms with van der Waals surface area (Å²) in [5.74, 6) is 0. The van der Waals surface area contributed by atoms with Crippen molar-refractivity contribution in [3.8, 4) is 0 Å². The lowest BCUT2D eigenvalue weighted by atomic mass is 10.3. The molecule has 0 spiro atoms. The molecule has 0 fully saturated rings. The highest BCUT2D eigenvalue weighted by atomic mass is 16.3. The predicted octanol–water partition coefficient (Wildman–Crippen LogP) is 0.587. The number of hydrogen-bond donors (Lipinski definition) is 1. The molecule has 0 aromatic rings. The van der Waals surface area contributed by atoms with Crippen LogP contribution in [0.1, 0.15) is 13.3 Å². The molecule has 0 radical (unpaired) electrons. The first-order chi connectivity index (χ1) is 4.25. The highest BCUT2D eigenvalue weighted by Crippen LogP contribution is 2.17. The largest absolute Gasteiger partial charge is 0.390 e. The lowest BCUT2D eigenvalue weighted by Gasteiger charge is -2.20. The van der Waals surface area contributed by atoms with Gasteiger partial charge < -0.3 is 10.0 Å². The van der Waals surface area contributed by atoms with E-state index in [1.165, 1.54) is 0 Å². The van der Waals surface area contributed by atoms with Gasteiger partial charge in [0.1, 0.15) is 0 Å². The SMILES string of the molecule is CC1CC=C(CO)N1C. The molecule has 0 saturated heterocycles. The summed E-state index contributed by atoms with van der Waals surface area (Å²) in [6.45, 7) is 2.33. The summed E-state index contributed by atoms with van der Waals surface area (Å²) in [6.07, 6.45) is 3.16. The second-order valence-corrected chi connectivity index (χ2v) is 2.55. The molecule has 0 aromatic heterocycles. The molecular formula is C7H13NO. The second kappa shape index (κ2) is 2.40. The van der Waals surface area contributed by atoms with E-state index in [2.05, 4.69) is 17.9 Å². The summed E-state index contributed by atoms with van der Waals surface area (Å²) in [6, 6.07) is 0.576. The average Bonchev–Trinajstić information content (AvgIpc) is 2.15. The van der Waals surface area contributed by atoms with Gasteiger partial charge in [-0.15, -0.1) is 0 Å². The van der Waals surface area contributed by atoms with Crippen molar-refractivity contribution in [3.05, 3.63) is 11.8 Å². The van der Waals surface area contributed by atoms with Crippen LogP contribution >= 0.6 is 0 Å². The third-order valence-corrected chi connectivity index (χ3v) is 1.97. The van der Waals surface area contributed by atoms with Crippen LogP contribution in [0.4, 0.5) is 0 Å². The molecule has 9 heavy (non-hydrogen) atoms. The van der Waals surface area contributed by atoms with Gasteiger partial charge in [-0.05, 0) is 13.3 Å². The van der Waals surface area contributed by atoms with E-state index in [0.717, 1.165) is 12.1 Å². The van der Waals surface area contributed by atoms with Gasteiger partial charge in [0.15, 0.2) is 0 Å². The quantitative estimate of drug-likeness (QED) is 0.557. The Balaban J connectivity index is 2.55. The first-order valence-corrected chi connectivity index (χ1v) is 3.28. The minimum atomic E-state index is 0.181. The van der Waals surface area contributed by atoms with Crippen LogP contribution < -0.4 is 0 Å². The Morgan fingerprint density at radius 1 is 1.89 bits per heavy atom. The number of nitrogens with zero attached hydrogens (tertiary/aromatic N) is 1. The molecule has 1 N–H and O–H groups in total. The lowest BCUT2D eigenvalue weighted by molar-refractivity contribution is 0.261. The maximum atomic E-state index is 8.74. The van der Waals surface area contributed by atoms with E-state index in [9.17, 15) is 0 Å². The summed E-state index contributed by atoms with van der Waals surface area (Å²) in [5.41, 5.74) is 1.06. The molecule has 1 heterocycles. The van der Waals surface area contributed by atoms with Crippen LogP contribution in [0.3, 0.4) is 0 Å². The van der Waals surface area contributed by atoms with Gasteiger partial charge in [-0.25, -0.2) is 0 Å². The minimum Gasteiger partial charge on any atom is -0.390 e. The summed E-state index contributed by atoms with van der Waals surface area (Å²) in [5, 5.41) is 8.74. The molecular weight excluding hydrogens is 114 g/mol. The number of likely N-dealkylation sites (N-methyl/N-ethyl adjacent to an activating group) is 1. The van der Waals surface area contributed by atoms with Crippen LogP contribution in [0.5, 0.6) is 0 Å². The maximum absolute atomic E-state index is 8.74. The molecule has 1 aliphatic heterocycles. The molecule has 0 aliphatic carbocycles. The summed E-state index contributed by atoms with van der Waals surface area (Å²) in [4.78, 5) is 2.11. The van der Waals surface area contributed by atoms with Gasteiger partial charge in [0.25, 0.3) is 0 Å². The van der Waals surface area contributed by atoms with Crippen molar-refractivity contribution >= 4 is 0 Å². The Morgan fingerprint density at radius 3 is 2.78 bits per heavy atom. The Hall–Kier alpha value is -0.500. The maximum Gasteiger partial charge on any atom is 0.0826 e. The van der Waals surface area contributed by atoms with Gasteiger partial charge in [-0.3, -0.25) is 0 Å². The smallest absolute Gasteiger partial charge is 0.0826 e. The standard InChI is InChI=1S/C7H13NO/c1-6-3-4-7(5-9)8(6)2/h4,6,9H,3,5H2,1-2H3.